The van der Waals surface area contributed by atoms with Crippen molar-refractivity contribution in [2.45, 2.75) is 6.54 Å². The van der Waals surface area contributed by atoms with E-state index in [0.717, 1.165) is 22.2 Å². The van der Waals surface area contributed by atoms with Crippen molar-refractivity contribution in [2.75, 3.05) is 7.11 Å². The van der Waals surface area contributed by atoms with E-state index in [2.05, 4.69) is 5.32 Å². The van der Waals surface area contributed by atoms with Gasteiger partial charge in [-0.05, 0) is 23.8 Å². The molecule has 0 bridgehead atoms. The molecule has 3 rings (SSSR count). The average molecular weight is 310 g/mol. The molecule has 0 atom stereocenters. The lowest BCUT2D eigenvalue weighted by Gasteiger charge is -2.06. The maximum Gasteiger partial charge on any atom is 0.253 e. The Bertz CT molecular complexity index is 868. The number of hydrogen-bond acceptors (Lipinski definition) is 3. The van der Waals surface area contributed by atoms with Gasteiger partial charge in [0.25, 0.3) is 5.91 Å². The monoisotopic (exact) mass is 310 g/mol. The van der Waals surface area contributed by atoms with E-state index in [-0.39, 0.29) is 11.7 Å². The Balaban J connectivity index is 1.87. The summed E-state index contributed by atoms with van der Waals surface area (Å²) in [5.41, 5.74) is 2.33. The van der Waals surface area contributed by atoms with Crippen LogP contribution in [0.2, 0.25) is 0 Å². The van der Waals surface area contributed by atoms with E-state index in [4.69, 9.17) is 4.74 Å². The number of ether oxygens (including phenoxy) is 1. The second-order valence-corrected chi connectivity index (χ2v) is 5.36. The summed E-state index contributed by atoms with van der Waals surface area (Å²) in [5.74, 6) is 0.760. The third-order valence-electron chi connectivity index (χ3n) is 3.79. The number of para-hydroxylation sites is 1. The van der Waals surface area contributed by atoms with Gasteiger partial charge in [0, 0.05) is 25.2 Å². The first kappa shape index (κ1) is 15.0. The molecule has 0 aliphatic carbocycles. The molecule has 1 heterocycles. The summed E-state index contributed by atoms with van der Waals surface area (Å²) in [4.78, 5) is 12.5. The molecule has 0 fully saturated rings. The van der Waals surface area contributed by atoms with Crippen molar-refractivity contribution in [1.82, 2.24) is 9.88 Å². The van der Waals surface area contributed by atoms with Crippen LogP contribution in [0.3, 0.4) is 0 Å². The van der Waals surface area contributed by atoms with Crippen LogP contribution in [-0.4, -0.2) is 22.7 Å². The SMILES string of the molecule is COc1cccc2c(C(=O)NCc3cccc(O)c3)cn(C)c12. The quantitative estimate of drug-likeness (QED) is 0.779. The second-order valence-electron chi connectivity index (χ2n) is 5.36. The number of rotatable bonds is 4. The molecule has 0 saturated heterocycles. The van der Waals surface area contributed by atoms with Crippen LogP contribution in [0.5, 0.6) is 11.5 Å². The van der Waals surface area contributed by atoms with Crippen molar-refractivity contribution in [3.05, 3.63) is 59.8 Å². The molecule has 23 heavy (non-hydrogen) atoms. The van der Waals surface area contributed by atoms with Crippen LogP contribution < -0.4 is 10.1 Å². The van der Waals surface area contributed by atoms with Crippen LogP contribution in [-0.2, 0) is 13.6 Å². The molecule has 2 aromatic carbocycles. The lowest BCUT2D eigenvalue weighted by atomic mass is 10.1. The van der Waals surface area contributed by atoms with Gasteiger partial charge >= 0.3 is 0 Å². The number of benzene rings is 2. The zero-order valence-corrected chi connectivity index (χ0v) is 13.0. The Morgan fingerprint density at radius 1 is 1.26 bits per heavy atom. The minimum Gasteiger partial charge on any atom is -0.508 e. The van der Waals surface area contributed by atoms with Gasteiger partial charge in [-0.3, -0.25) is 4.79 Å². The number of nitrogens with one attached hydrogen (secondary N) is 1. The zero-order chi connectivity index (χ0) is 16.4. The molecule has 1 amide bonds. The van der Waals surface area contributed by atoms with Crippen LogP contribution in [0, 0.1) is 0 Å². The topological polar surface area (TPSA) is 63.5 Å². The van der Waals surface area contributed by atoms with E-state index in [0.29, 0.717) is 12.1 Å². The van der Waals surface area contributed by atoms with Gasteiger partial charge in [0.2, 0.25) is 0 Å². The number of carbonyl (C=O) groups is 1. The van der Waals surface area contributed by atoms with Gasteiger partial charge in [0.1, 0.15) is 11.5 Å². The predicted octanol–water partition coefficient (Wildman–Crippen LogP) is 2.82. The van der Waals surface area contributed by atoms with E-state index >= 15 is 0 Å². The first-order chi connectivity index (χ1) is 11.1. The van der Waals surface area contributed by atoms with Gasteiger partial charge in [0.05, 0.1) is 18.2 Å². The predicted molar refractivity (Wildman–Crippen MR) is 88.7 cm³/mol. The molecule has 0 aliphatic rings. The fourth-order valence-electron chi connectivity index (χ4n) is 2.72. The van der Waals surface area contributed by atoms with E-state index in [1.165, 1.54) is 0 Å². The molecule has 5 nitrogen and oxygen atoms in total. The summed E-state index contributed by atoms with van der Waals surface area (Å²) in [6.07, 6.45) is 1.80. The maximum absolute atomic E-state index is 12.5. The van der Waals surface area contributed by atoms with E-state index in [9.17, 15) is 9.90 Å². The summed E-state index contributed by atoms with van der Waals surface area (Å²) < 4.78 is 7.25. The molecular formula is C18H18N2O3. The molecule has 5 heteroatoms. The number of phenolic OH excluding ortho intramolecular Hbond substituents is 1. The minimum absolute atomic E-state index is 0.160. The van der Waals surface area contributed by atoms with Crippen molar-refractivity contribution in [1.29, 1.82) is 0 Å². The fourth-order valence-corrected chi connectivity index (χ4v) is 2.72. The van der Waals surface area contributed by atoms with Crippen molar-refractivity contribution >= 4 is 16.8 Å². The van der Waals surface area contributed by atoms with Gasteiger partial charge in [0.15, 0.2) is 0 Å². The number of fused-ring (bicyclic) bond motifs is 1. The standard InChI is InChI=1S/C18H18N2O3/c1-20-11-15(14-7-4-8-16(23-2)17(14)20)18(22)19-10-12-5-3-6-13(21)9-12/h3-9,11,21H,10H2,1-2H3,(H,19,22). The van der Waals surface area contributed by atoms with E-state index in [1.807, 2.05) is 35.9 Å². The highest BCUT2D eigenvalue weighted by molar-refractivity contribution is 6.08. The zero-order valence-electron chi connectivity index (χ0n) is 13.0. The van der Waals surface area contributed by atoms with Gasteiger partial charge in [-0.15, -0.1) is 0 Å². The van der Waals surface area contributed by atoms with Crippen LogP contribution in [0.15, 0.2) is 48.7 Å². The summed E-state index contributed by atoms with van der Waals surface area (Å²) >= 11 is 0. The maximum atomic E-state index is 12.5. The molecular weight excluding hydrogens is 292 g/mol. The van der Waals surface area contributed by atoms with Crippen molar-refractivity contribution in [3.8, 4) is 11.5 Å². The van der Waals surface area contributed by atoms with Gasteiger partial charge in [-0.2, -0.15) is 0 Å². The molecule has 0 spiro atoms. The molecule has 0 aliphatic heterocycles. The van der Waals surface area contributed by atoms with Crippen LogP contribution >= 0.6 is 0 Å². The Hall–Kier alpha value is -2.95. The Labute approximate surface area is 134 Å². The number of aromatic nitrogens is 1. The number of amides is 1. The number of aromatic hydroxyl groups is 1. The molecule has 1 aromatic heterocycles. The highest BCUT2D eigenvalue weighted by Crippen LogP contribution is 2.29. The fraction of sp³-hybridized carbons (Fsp3) is 0.167. The van der Waals surface area contributed by atoms with Crippen molar-refractivity contribution in [3.63, 3.8) is 0 Å². The summed E-state index contributed by atoms with van der Waals surface area (Å²) in [6, 6.07) is 12.5. The lowest BCUT2D eigenvalue weighted by Crippen LogP contribution is -2.22. The third kappa shape index (κ3) is 2.85. The van der Waals surface area contributed by atoms with Crippen molar-refractivity contribution in [2.24, 2.45) is 7.05 Å². The smallest absolute Gasteiger partial charge is 0.253 e. The second kappa shape index (κ2) is 6.04. The number of phenols is 1. The van der Waals surface area contributed by atoms with Crippen LogP contribution in [0.4, 0.5) is 0 Å². The molecule has 2 N–H and O–H groups in total. The average Bonchev–Trinajstić information content (AvgIpc) is 2.90. The number of carbonyl (C=O) groups excluding carboxylic acids is 1. The van der Waals surface area contributed by atoms with Crippen LogP contribution in [0.25, 0.3) is 10.9 Å². The molecule has 3 aromatic rings. The number of aryl methyl sites for hydroxylation is 1. The number of hydrogen-bond donors (Lipinski definition) is 2. The highest BCUT2D eigenvalue weighted by atomic mass is 16.5. The van der Waals surface area contributed by atoms with Gasteiger partial charge < -0.3 is 19.7 Å². The van der Waals surface area contributed by atoms with Gasteiger partial charge in [-0.25, -0.2) is 0 Å². The minimum atomic E-state index is -0.160. The highest BCUT2D eigenvalue weighted by Gasteiger charge is 2.16. The molecule has 118 valence electrons. The summed E-state index contributed by atoms with van der Waals surface area (Å²) in [7, 11) is 3.50. The van der Waals surface area contributed by atoms with Gasteiger partial charge in [-0.1, -0.05) is 24.3 Å². The first-order valence-electron chi connectivity index (χ1n) is 7.28. The largest absolute Gasteiger partial charge is 0.508 e. The number of nitrogens with zero attached hydrogens (tertiary/aromatic N) is 1. The molecule has 0 unspecified atom stereocenters. The summed E-state index contributed by atoms with van der Waals surface area (Å²) in [5, 5.41) is 13.2. The molecule has 0 saturated carbocycles. The lowest BCUT2D eigenvalue weighted by molar-refractivity contribution is 0.0952. The first-order valence-corrected chi connectivity index (χ1v) is 7.28. The molecule has 0 radical (unpaired) electrons. The Morgan fingerprint density at radius 3 is 2.78 bits per heavy atom. The Morgan fingerprint density at radius 2 is 2.04 bits per heavy atom. The van der Waals surface area contributed by atoms with Crippen LogP contribution in [0.1, 0.15) is 15.9 Å². The summed E-state index contributed by atoms with van der Waals surface area (Å²) in [6.45, 7) is 0.355. The number of methoxy groups -OCH3 is 1. The van der Waals surface area contributed by atoms with E-state index < -0.39 is 0 Å². The van der Waals surface area contributed by atoms with Crippen molar-refractivity contribution < 1.29 is 14.6 Å². The Kier molecular flexibility index (Phi) is 3.93. The normalized spacial score (nSPS) is 10.7. The van der Waals surface area contributed by atoms with E-state index in [1.54, 1.807) is 31.5 Å². The third-order valence-corrected chi connectivity index (χ3v) is 3.79.